The van der Waals surface area contributed by atoms with Crippen LogP contribution in [-0.2, 0) is 9.59 Å². The van der Waals surface area contributed by atoms with Gasteiger partial charge in [-0.1, -0.05) is 35.5 Å². The molecule has 28 heavy (non-hydrogen) atoms. The lowest BCUT2D eigenvalue weighted by Crippen LogP contribution is -2.54. The monoisotopic (exact) mass is 382 g/mol. The quantitative estimate of drug-likeness (QED) is 0.730. The number of hydrogen-bond acceptors (Lipinski definition) is 5. The first kappa shape index (κ1) is 18.2. The molecule has 2 aromatic rings. The van der Waals surface area contributed by atoms with E-state index in [0.717, 1.165) is 18.4 Å². The fourth-order valence-electron chi connectivity index (χ4n) is 3.58. The van der Waals surface area contributed by atoms with Crippen LogP contribution in [0, 0.1) is 0 Å². The maximum absolute atomic E-state index is 12.7. The summed E-state index contributed by atoms with van der Waals surface area (Å²) in [4.78, 5) is 42.1. The molecule has 1 aromatic heterocycles. The summed E-state index contributed by atoms with van der Waals surface area (Å²) in [7, 11) is 0. The smallest absolute Gasteiger partial charge is 0.312 e. The Morgan fingerprint density at radius 2 is 1.36 bits per heavy atom. The topological polar surface area (TPSA) is 87.0 Å². The molecular formula is C20H22N4O4. The molecule has 8 nitrogen and oxygen atoms in total. The van der Waals surface area contributed by atoms with Crippen LogP contribution in [0.15, 0.2) is 40.9 Å². The van der Waals surface area contributed by atoms with Crippen LogP contribution in [0.1, 0.15) is 23.4 Å². The molecule has 3 heterocycles. The van der Waals surface area contributed by atoms with Gasteiger partial charge in [0.2, 0.25) is 5.76 Å². The molecule has 4 rings (SSSR count). The number of aromatic nitrogens is 1. The number of benzene rings is 1. The Labute approximate surface area is 162 Å². The van der Waals surface area contributed by atoms with Crippen molar-refractivity contribution in [3.8, 4) is 11.3 Å². The summed E-state index contributed by atoms with van der Waals surface area (Å²) in [5.41, 5.74) is 1.48. The number of carbonyl (C=O) groups excluding carboxylic acids is 3. The third kappa shape index (κ3) is 3.62. The predicted octanol–water partition coefficient (Wildman–Crippen LogP) is 1.25. The Balaban J connectivity index is 1.35. The molecule has 0 radical (unpaired) electrons. The lowest BCUT2D eigenvalue weighted by Gasteiger charge is -2.34. The number of carbonyl (C=O) groups is 3. The van der Waals surface area contributed by atoms with Gasteiger partial charge >= 0.3 is 11.8 Å². The Bertz CT molecular complexity index is 865. The van der Waals surface area contributed by atoms with Gasteiger partial charge in [0.15, 0.2) is 0 Å². The van der Waals surface area contributed by atoms with Crippen LogP contribution in [0.4, 0.5) is 0 Å². The molecule has 3 amide bonds. The van der Waals surface area contributed by atoms with Crippen LogP contribution in [0.25, 0.3) is 11.3 Å². The molecule has 2 aliphatic rings. The number of hydrogen-bond donors (Lipinski definition) is 0. The predicted molar refractivity (Wildman–Crippen MR) is 100 cm³/mol. The highest BCUT2D eigenvalue weighted by Gasteiger charge is 2.32. The van der Waals surface area contributed by atoms with Crippen molar-refractivity contribution in [2.45, 2.75) is 12.8 Å². The highest BCUT2D eigenvalue weighted by atomic mass is 16.5. The highest BCUT2D eigenvalue weighted by Crippen LogP contribution is 2.20. The molecule has 0 atom stereocenters. The third-order valence-electron chi connectivity index (χ3n) is 5.22. The SMILES string of the molecule is O=C(C(=O)N1CCN(C(=O)c2cc(-c3ccccc3)no2)CC1)N1CCCC1. The van der Waals surface area contributed by atoms with Gasteiger partial charge in [-0.3, -0.25) is 14.4 Å². The molecule has 2 aliphatic heterocycles. The fraction of sp³-hybridized carbons (Fsp3) is 0.400. The van der Waals surface area contributed by atoms with E-state index in [0.29, 0.717) is 45.0 Å². The summed E-state index contributed by atoms with van der Waals surface area (Å²) in [6.45, 7) is 2.70. The van der Waals surface area contributed by atoms with E-state index in [9.17, 15) is 14.4 Å². The van der Waals surface area contributed by atoms with Crippen molar-refractivity contribution in [2.75, 3.05) is 39.3 Å². The Kier molecular flexibility index (Phi) is 5.10. The second-order valence-electron chi connectivity index (χ2n) is 7.03. The molecule has 0 N–H and O–H groups in total. The van der Waals surface area contributed by atoms with E-state index in [1.54, 1.807) is 15.9 Å². The molecule has 8 heteroatoms. The first-order valence-electron chi connectivity index (χ1n) is 9.53. The van der Waals surface area contributed by atoms with E-state index < -0.39 is 11.8 Å². The number of rotatable bonds is 2. The molecule has 146 valence electrons. The van der Waals surface area contributed by atoms with Crippen LogP contribution in [0.5, 0.6) is 0 Å². The molecule has 0 spiro atoms. The zero-order valence-electron chi connectivity index (χ0n) is 15.5. The highest BCUT2D eigenvalue weighted by molar-refractivity contribution is 6.35. The van der Waals surface area contributed by atoms with Crippen molar-refractivity contribution in [1.29, 1.82) is 0 Å². The second-order valence-corrected chi connectivity index (χ2v) is 7.03. The minimum absolute atomic E-state index is 0.173. The number of nitrogens with zero attached hydrogens (tertiary/aromatic N) is 4. The summed E-state index contributed by atoms with van der Waals surface area (Å²) in [5.74, 6) is -0.987. The van der Waals surface area contributed by atoms with Crippen molar-refractivity contribution >= 4 is 17.7 Å². The van der Waals surface area contributed by atoms with E-state index >= 15 is 0 Å². The van der Waals surface area contributed by atoms with E-state index in [4.69, 9.17) is 4.52 Å². The molecule has 2 fully saturated rings. The van der Waals surface area contributed by atoms with Crippen molar-refractivity contribution in [2.24, 2.45) is 0 Å². The third-order valence-corrected chi connectivity index (χ3v) is 5.22. The first-order chi connectivity index (χ1) is 13.6. The molecule has 1 aromatic carbocycles. The van der Waals surface area contributed by atoms with Gasteiger partial charge in [-0.25, -0.2) is 0 Å². The minimum Gasteiger partial charge on any atom is -0.350 e. The van der Waals surface area contributed by atoms with Crippen molar-refractivity contribution in [1.82, 2.24) is 19.9 Å². The van der Waals surface area contributed by atoms with Gasteiger partial charge in [0, 0.05) is 50.9 Å². The molecular weight excluding hydrogens is 360 g/mol. The summed E-state index contributed by atoms with van der Waals surface area (Å²) < 4.78 is 5.23. The lowest BCUT2D eigenvalue weighted by molar-refractivity contribution is -0.152. The first-order valence-corrected chi connectivity index (χ1v) is 9.53. The summed E-state index contributed by atoms with van der Waals surface area (Å²) in [6, 6.07) is 11.1. The van der Waals surface area contributed by atoms with Crippen molar-refractivity contribution in [3.05, 3.63) is 42.2 Å². The fourth-order valence-corrected chi connectivity index (χ4v) is 3.58. The van der Waals surface area contributed by atoms with Crippen LogP contribution in [0.2, 0.25) is 0 Å². The average Bonchev–Trinajstić information content (AvgIpc) is 3.45. The molecule has 0 aliphatic carbocycles. The zero-order valence-corrected chi connectivity index (χ0v) is 15.5. The summed E-state index contributed by atoms with van der Waals surface area (Å²) in [6.07, 6.45) is 1.90. The number of likely N-dealkylation sites (tertiary alicyclic amines) is 1. The lowest BCUT2D eigenvalue weighted by atomic mass is 10.1. The van der Waals surface area contributed by atoms with Gasteiger partial charge in [-0.15, -0.1) is 0 Å². The van der Waals surface area contributed by atoms with Crippen LogP contribution in [0.3, 0.4) is 0 Å². The van der Waals surface area contributed by atoms with Gasteiger partial charge < -0.3 is 19.2 Å². The van der Waals surface area contributed by atoms with E-state index in [1.165, 1.54) is 4.90 Å². The zero-order chi connectivity index (χ0) is 19.5. The summed E-state index contributed by atoms with van der Waals surface area (Å²) in [5, 5.41) is 3.98. The van der Waals surface area contributed by atoms with Gasteiger partial charge in [-0.2, -0.15) is 0 Å². The van der Waals surface area contributed by atoms with E-state index in [2.05, 4.69) is 5.16 Å². The molecule has 2 saturated heterocycles. The molecule has 0 unspecified atom stereocenters. The summed E-state index contributed by atoms with van der Waals surface area (Å²) >= 11 is 0. The van der Waals surface area contributed by atoms with E-state index in [-0.39, 0.29) is 11.7 Å². The Hall–Kier alpha value is -3.16. The second kappa shape index (κ2) is 7.84. The molecule has 0 bridgehead atoms. The van der Waals surface area contributed by atoms with Crippen molar-refractivity contribution < 1.29 is 18.9 Å². The largest absolute Gasteiger partial charge is 0.350 e. The van der Waals surface area contributed by atoms with Crippen LogP contribution >= 0.6 is 0 Å². The number of amides is 3. The van der Waals surface area contributed by atoms with E-state index in [1.807, 2.05) is 30.3 Å². The standard InChI is InChI=1S/C20H22N4O4/c25-18(17-14-16(21-28-17)15-6-2-1-3-7-15)23-10-12-24(13-11-23)20(27)19(26)22-8-4-5-9-22/h1-3,6-7,14H,4-5,8-13H2. The van der Waals surface area contributed by atoms with Gasteiger partial charge in [-0.05, 0) is 12.8 Å². The maximum atomic E-state index is 12.7. The minimum atomic E-state index is -0.472. The van der Waals surface area contributed by atoms with Crippen molar-refractivity contribution in [3.63, 3.8) is 0 Å². The molecule has 0 saturated carbocycles. The Morgan fingerprint density at radius 1 is 0.786 bits per heavy atom. The Morgan fingerprint density at radius 3 is 2.00 bits per heavy atom. The van der Waals surface area contributed by atoms with Gasteiger partial charge in [0.1, 0.15) is 5.69 Å². The number of piperazine rings is 1. The van der Waals surface area contributed by atoms with Gasteiger partial charge in [0.05, 0.1) is 0 Å². The van der Waals surface area contributed by atoms with Crippen LogP contribution < -0.4 is 0 Å². The van der Waals surface area contributed by atoms with Gasteiger partial charge in [0.25, 0.3) is 5.91 Å². The van der Waals surface area contributed by atoms with Crippen LogP contribution in [-0.4, -0.2) is 76.8 Å². The normalized spacial score (nSPS) is 17.1. The average molecular weight is 382 g/mol. The maximum Gasteiger partial charge on any atom is 0.312 e.